The summed E-state index contributed by atoms with van der Waals surface area (Å²) in [6.45, 7) is 3.60. The summed E-state index contributed by atoms with van der Waals surface area (Å²) in [5.41, 5.74) is 0. The van der Waals surface area contributed by atoms with Crippen molar-refractivity contribution in [1.29, 1.82) is 0 Å². The van der Waals surface area contributed by atoms with Crippen molar-refractivity contribution >= 4 is 10.1 Å². The molecule has 0 bridgehead atoms. The number of rotatable bonds is 3. The van der Waals surface area contributed by atoms with E-state index in [1.807, 2.05) is 6.92 Å². The number of hydrogen-bond acceptors (Lipinski definition) is 3. The normalized spacial score (nSPS) is 13.9. The molecule has 0 saturated heterocycles. The van der Waals surface area contributed by atoms with E-state index in [2.05, 4.69) is 0 Å². The second-order valence-electron chi connectivity index (χ2n) is 2.24. The summed E-state index contributed by atoms with van der Waals surface area (Å²) in [5.74, 6) is -0.240. The molecular weight excluding hydrogens is 163 g/mol. The topological polar surface area (TPSA) is 57.2 Å². The van der Waals surface area contributed by atoms with Crippen molar-refractivity contribution < 1.29 is 42.5 Å². The van der Waals surface area contributed by atoms with Gasteiger partial charge in [0.2, 0.25) is 0 Å². The van der Waals surface area contributed by atoms with Gasteiger partial charge >= 0.3 is 29.6 Å². The van der Waals surface area contributed by atoms with Gasteiger partial charge in [0.1, 0.15) is 0 Å². The quantitative estimate of drug-likeness (QED) is 0.353. The molecule has 10 heavy (non-hydrogen) atoms. The maximum atomic E-state index is 10.0. The molecule has 0 aliphatic carbocycles. The minimum atomic E-state index is -3.99. The molecule has 0 radical (unpaired) electrons. The largest absolute Gasteiger partial charge is 1.00 e. The Bertz CT molecular complexity index is 164. The average Bonchev–Trinajstić information content (AvgIpc) is 1.62. The van der Waals surface area contributed by atoms with Crippen LogP contribution in [0.1, 0.15) is 20.3 Å². The van der Waals surface area contributed by atoms with E-state index >= 15 is 0 Å². The molecule has 0 aromatic carbocycles. The van der Waals surface area contributed by atoms with Crippen LogP contribution in [0.4, 0.5) is 0 Å². The molecule has 5 heteroatoms. The summed E-state index contributed by atoms with van der Waals surface area (Å²) in [7, 11) is -3.99. The SMILES string of the molecule is CCC(C)CS(=O)(=O)[O-].[Na+]. The molecule has 3 nitrogen and oxygen atoms in total. The third kappa shape index (κ3) is 8.91. The summed E-state index contributed by atoms with van der Waals surface area (Å²) in [5, 5.41) is 0. The summed E-state index contributed by atoms with van der Waals surface area (Å²) in [6.07, 6.45) is 0.738. The first-order valence-electron chi connectivity index (χ1n) is 2.89. The van der Waals surface area contributed by atoms with Crippen LogP contribution in [0.2, 0.25) is 0 Å². The standard InChI is InChI=1S/C5H12O3S.Na/c1-3-5(2)4-9(6,7)8;/h5H,3-4H2,1-2H3,(H,6,7,8);/q;+1/p-1. The Morgan fingerprint density at radius 2 is 1.90 bits per heavy atom. The monoisotopic (exact) mass is 174 g/mol. The molecule has 0 aromatic rings. The van der Waals surface area contributed by atoms with E-state index in [0.717, 1.165) is 6.42 Å². The Morgan fingerprint density at radius 1 is 1.50 bits per heavy atom. The minimum absolute atomic E-state index is 0. The van der Waals surface area contributed by atoms with Gasteiger partial charge in [-0.2, -0.15) is 0 Å². The van der Waals surface area contributed by atoms with Crippen LogP contribution < -0.4 is 29.6 Å². The van der Waals surface area contributed by atoms with E-state index in [9.17, 15) is 13.0 Å². The van der Waals surface area contributed by atoms with Gasteiger partial charge in [-0.3, -0.25) is 0 Å². The van der Waals surface area contributed by atoms with Crippen LogP contribution in [0.3, 0.4) is 0 Å². The van der Waals surface area contributed by atoms with Crippen LogP contribution in [0, 0.1) is 5.92 Å². The Morgan fingerprint density at radius 3 is 2.00 bits per heavy atom. The van der Waals surface area contributed by atoms with Gasteiger partial charge in [-0.15, -0.1) is 0 Å². The van der Waals surface area contributed by atoms with E-state index in [4.69, 9.17) is 0 Å². The Kier molecular flexibility index (Phi) is 7.49. The van der Waals surface area contributed by atoms with Crippen LogP contribution in [0.15, 0.2) is 0 Å². The molecule has 56 valence electrons. The van der Waals surface area contributed by atoms with Crippen LogP contribution in [0.25, 0.3) is 0 Å². The molecule has 0 aliphatic heterocycles. The fourth-order valence-corrected chi connectivity index (χ4v) is 1.40. The first kappa shape index (κ1) is 13.5. The molecule has 0 saturated carbocycles. The van der Waals surface area contributed by atoms with Crippen molar-refractivity contribution in [2.24, 2.45) is 5.92 Å². The molecule has 0 aliphatic rings. The van der Waals surface area contributed by atoms with Crippen molar-refractivity contribution in [1.82, 2.24) is 0 Å². The molecule has 0 aromatic heterocycles. The summed E-state index contributed by atoms with van der Waals surface area (Å²) in [4.78, 5) is 0. The molecule has 0 rings (SSSR count). The van der Waals surface area contributed by atoms with Gasteiger partial charge in [0.15, 0.2) is 0 Å². The van der Waals surface area contributed by atoms with Gasteiger partial charge < -0.3 is 4.55 Å². The zero-order valence-corrected chi connectivity index (χ0v) is 9.44. The second kappa shape index (κ2) is 5.55. The minimum Gasteiger partial charge on any atom is -0.748 e. The molecular formula is C5H11NaO3S. The smallest absolute Gasteiger partial charge is 0.748 e. The molecule has 0 heterocycles. The van der Waals surface area contributed by atoms with E-state index in [1.54, 1.807) is 6.92 Å². The van der Waals surface area contributed by atoms with Crippen molar-refractivity contribution in [3.05, 3.63) is 0 Å². The average molecular weight is 174 g/mol. The molecule has 0 N–H and O–H groups in total. The Balaban J connectivity index is 0. The Hall–Kier alpha value is 0.910. The van der Waals surface area contributed by atoms with Gasteiger partial charge in [0, 0.05) is 5.75 Å². The fourth-order valence-electron chi connectivity index (χ4n) is 0.466. The van der Waals surface area contributed by atoms with E-state index in [-0.39, 0.29) is 41.2 Å². The van der Waals surface area contributed by atoms with Crippen LogP contribution in [-0.2, 0) is 10.1 Å². The van der Waals surface area contributed by atoms with Gasteiger partial charge in [-0.25, -0.2) is 8.42 Å². The molecule has 1 unspecified atom stereocenters. The third-order valence-electron chi connectivity index (χ3n) is 1.19. The summed E-state index contributed by atoms with van der Waals surface area (Å²) in [6, 6.07) is 0. The van der Waals surface area contributed by atoms with Crippen molar-refractivity contribution in [3.8, 4) is 0 Å². The second-order valence-corrected chi connectivity index (χ2v) is 3.69. The maximum absolute atomic E-state index is 10.0. The molecule has 0 fully saturated rings. The van der Waals surface area contributed by atoms with Crippen LogP contribution >= 0.6 is 0 Å². The zero-order valence-electron chi connectivity index (χ0n) is 6.62. The van der Waals surface area contributed by atoms with Gasteiger partial charge in [0.25, 0.3) is 0 Å². The Labute approximate surface area is 84.2 Å². The number of hydrogen-bond donors (Lipinski definition) is 0. The predicted molar refractivity (Wildman–Crippen MR) is 34.0 cm³/mol. The zero-order chi connectivity index (χ0) is 7.49. The first-order chi connectivity index (χ1) is 3.95. The van der Waals surface area contributed by atoms with Gasteiger partial charge in [-0.1, -0.05) is 20.3 Å². The first-order valence-corrected chi connectivity index (χ1v) is 4.47. The van der Waals surface area contributed by atoms with E-state index < -0.39 is 10.1 Å². The fraction of sp³-hybridized carbons (Fsp3) is 1.00. The predicted octanol–water partition coefficient (Wildman–Crippen LogP) is -2.42. The van der Waals surface area contributed by atoms with Crippen molar-refractivity contribution in [2.45, 2.75) is 20.3 Å². The van der Waals surface area contributed by atoms with Crippen molar-refractivity contribution in [2.75, 3.05) is 5.75 Å². The van der Waals surface area contributed by atoms with Crippen LogP contribution in [0.5, 0.6) is 0 Å². The van der Waals surface area contributed by atoms with Gasteiger partial charge in [-0.05, 0) is 5.92 Å². The van der Waals surface area contributed by atoms with E-state index in [1.165, 1.54) is 0 Å². The molecule has 0 spiro atoms. The van der Waals surface area contributed by atoms with Gasteiger partial charge in [0.05, 0.1) is 10.1 Å². The van der Waals surface area contributed by atoms with E-state index in [0.29, 0.717) is 0 Å². The summed E-state index contributed by atoms with van der Waals surface area (Å²) < 4.78 is 30.1. The molecule has 0 amide bonds. The third-order valence-corrected chi connectivity index (χ3v) is 2.16. The summed E-state index contributed by atoms with van der Waals surface area (Å²) >= 11 is 0. The maximum Gasteiger partial charge on any atom is 1.00 e. The van der Waals surface area contributed by atoms with Crippen molar-refractivity contribution in [3.63, 3.8) is 0 Å². The molecule has 1 atom stereocenters. The van der Waals surface area contributed by atoms with Crippen LogP contribution in [-0.4, -0.2) is 18.7 Å².